The molecule has 1 unspecified atom stereocenters. The summed E-state index contributed by atoms with van der Waals surface area (Å²) in [7, 11) is 1.73. The van der Waals surface area contributed by atoms with Gasteiger partial charge in [-0.05, 0) is 12.3 Å². The molecule has 3 heteroatoms. The maximum Gasteiger partial charge on any atom is 0.0635 e. The lowest BCUT2D eigenvalue weighted by atomic mass is 9.98. The van der Waals surface area contributed by atoms with E-state index < -0.39 is 0 Å². The van der Waals surface area contributed by atoms with Crippen molar-refractivity contribution in [3.63, 3.8) is 0 Å². The Balaban J connectivity index is 4.02. The van der Waals surface area contributed by atoms with Gasteiger partial charge in [0, 0.05) is 33.2 Å². The molecule has 3 nitrogen and oxygen atoms in total. The van der Waals surface area contributed by atoms with Crippen LogP contribution in [-0.4, -0.2) is 38.3 Å². The van der Waals surface area contributed by atoms with Crippen molar-refractivity contribution >= 4 is 0 Å². The van der Waals surface area contributed by atoms with Crippen LogP contribution in [0.25, 0.3) is 0 Å². The van der Waals surface area contributed by atoms with Crippen LogP contribution in [0.15, 0.2) is 0 Å². The van der Waals surface area contributed by atoms with Gasteiger partial charge in [-0.15, -0.1) is 0 Å². The Hall–Kier alpha value is -0.590. The molecule has 0 aliphatic heterocycles. The number of unbranched alkanes of at least 4 members (excludes halogenated alkanes) is 1. The molecule has 0 radical (unpaired) electrons. The first-order chi connectivity index (χ1) is 8.28. The van der Waals surface area contributed by atoms with Crippen LogP contribution in [0.3, 0.4) is 0 Å². The molecule has 100 valence electrons. The predicted molar refractivity (Wildman–Crippen MR) is 71.9 cm³/mol. The van der Waals surface area contributed by atoms with Gasteiger partial charge in [0.25, 0.3) is 0 Å². The summed E-state index contributed by atoms with van der Waals surface area (Å²) in [5.41, 5.74) is 0. The third-order valence-corrected chi connectivity index (χ3v) is 3.21. The van der Waals surface area contributed by atoms with E-state index in [0.717, 1.165) is 32.2 Å². The first kappa shape index (κ1) is 16.4. The summed E-state index contributed by atoms with van der Waals surface area (Å²) in [6.45, 7) is 8.20. The van der Waals surface area contributed by atoms with Crippen molar-refractivity contribution in [2.24, 2.45) is 5.92 Å². The van der Waals surface area contributed by atoms with E-state index in [2.05, 4.69) is 24.8 Å². The van der Waals surface area contributed by atoms with Crippen molar-refractivity contribution in [3.05, 3.63) is 0 Å². The van der Waals surface area contributed by atoms with Gasteiger partial charge in [0.15, 0.2) is 0 Å². The molecule has 17 heavy (non-hydrogen) atoms. The summed E-state index contributed by atoms with van der Waals surface area (Å²) in [5.74, 6) is 0.769. The largest absolute Gasteiger partial charge is 0.383 e. The Morgan fingerprint density at radius 1 is 1.29 bits per heavy atom. The fourth-order valence-electron chi connectivity index (χ4n) is 2.01. The molecule has 0 saturated heterocycles. The van der Waals surface area contributed by atoms with E-state index in [1.807, 2.05) is 0 Å². The summed E-state index contributed by atoms with van der Waals surface area (Å²) in [6, 6.07) is 2.23. The third-order valence-electron chi connectivity index (χ3n) is 3.21. The lowest BCUT2D eigenvalue weighted by molar-refractivity contribution is 0.135. The fraction of sp³-hybridized carbons (Fsp3) is 0.929. The molecular formula is C14H28N2O. The average molecular weight is 240 g/mol. The molecule has 0 heterocycles. The van der Waals surface area contributed by atoms with Gasteiger partial charge in [0.2, 0.25) is 0 Å². The van der Waals surface area contributed by atoms with Crippen molar-refractivity contribution in [1.29, 1.82) is 5.26 Å². The molecule has 0 amide bonds. The molecule has 0 bridgehead atoms. The number of hydrogen-bond donors (Lipinski definition) is 0. The Kier molecular flexibility index (Phi) is 11.5. The lowest BCUT2D eigenvalue weighted by Crippen LogP contribution is -2.33. The van der Waals surface area contributed by atoms with E-state index in [4.69, 9.17) is 10.00 Å². The molecule has 0 N–H and O–H groups in total. The van der Waals surface area contributed by atoms with Crippen molar-refractivity contribution in [2.75, 3.05) is 33.4 Å². The van der Waals surface area contributed by atoms with Gasteiger partial charge in [0.05, 0.1) is 12.7 Å². The topological polar surface area (TPSA) is 36.3 Å². The molecule has 0 aromatic rings. The molecule has 1 atom stereocenters. The second-order valence-corrected chi connectivity index (χ2v) is 4.62. The SMILES string of the molecule is CCCCC(CC)CN(CCC#N)CCOC. The Labute approximate surface area is 107 Å². The van der Waals surface area contributed by atoms with Gasteiger partial charge in [-0.3, -0.25) is 4.90 Å². The third kappa shape index (κ3) is 9.14. The second kappa shape index (κ2) is 11.9. The molecule has 0 saturated carbocycles. The van der Waals surface area contributed by atoms with Crippen molar-refractivity contribution < 1.29 is 4.74 Å². The molecule has 0 aliphatic rings. The molecular weight excluding hydrogens is 212 g/mol. The van der Waals surface area contributed by atoms with Crippen LogP contribution in [0.1, 0.15) is 46.0 Å². The standard InChI is InChI=1S/C14H28N2O/c1-4-6-8-14(5-2)13-16(10-7-9-15)11-12-17-3/h14H,4-8,10-13H2,1-3H3. The van der Waals surface area contributed by atoms with E-state index in [0.29, 0.717) is 6.42 Å². The van der Waals surface area contributed by atoms with Crippen LogP contribution < -0.4 is 0 Å². The minimum absolute atomic E-state index is 0.619. The number of nitriles is 1. The van der Waals surface area contributed by atoms with Gasteiger partial charge in [0.1, 0.15) is 0 Å². The van der Waals surface area contributed by atoms with E-state index in [-0.39, 0.29) is 0 Å². The Morgan fingerprint density at radius 3 is 2.59 bits per heavy atom. The van der Waals surface area contributed by atoms with Gasteiger partial charge in [-0.2, -0.15) is 5.26 Å². The highest BCUT2D eigenvalue weighted by atomic mass is 16.5. The summed E-state index contributed by atoms with van der Waals surface area (Å²) in [4.78, 5) is 2.37. The van der Waals surface area contributed by atoms with Gasteiger partial charge in [-0.1, -0.05) is 33.1 Å². The second-order valence-electron chi connectivity index (χ2n) is 4.62. The van der Waals surface area contributed by atoms with E-state index in [1.165, 1.54) is 25.7 Å². The monoisotopic (exact) mass is 240 g/mol. The Morgan fingerprint density at radius 2 is 2.06 bits per heavy atom. The number of rotatable bonds is 11. The number of hydrogen-bond acceptors (Lipinski definition) is 3. The van der Waals surface area contributed by atoms with Crippen LogP contribution in [0, 0.1) is 17.2 Å². The maximum atomic E-state index is 8.67. The van der Waals surface area contributed by atoms with Gasteiger partial charge in [-0.25, -0.2) is 0 Å². The summed E-state index contributed by atoms with van der Waals surface area (Å²) < 4.78 is 5.12. The highest BCUT2D eigenvalue weighted by Gasteiger charge is 2.12. The van der Waals surface area contributed by atoms with E-state index >= 15 is 0 Å². The van der Waals surface area contributed by atoms with Gasteiger partial charge < -0.3 is 4.74 Å². The summed E-state index contributed by atoms with van der Waals surface area (Å²) >= 11 is 0. The van der Waals surface area contributed by atoms with Crippen LogP contribution in [0.2, 0.25) is 0 Å². The number of methoxy groups -OCH3 is 1. The highest BCUT2D eigenvalue weighted by Crippen LogP contribution is 2.14. The zero-order valence-corrected chi connectivity index (χ0v) is 11.7. The predicted octanol–water partition coefficient (Wildman–Crippen LogP) is 3.06. The molecule has 0 aromatic carbocycles. The zero-order chi connectivity index (χ0) is 12.9. The first-order valence-electron chi connectivity index (χ1n) is 6.86. The van der Waals surface area contributed by atoms with Crippen LogP contribution >= 0.6 is 0 Å². The van der Waals surface area contributed by atoms with Crippen LogP contribution in [0.4, 0.5) is 0 Å². The van der Waals surface area contributed by atoms with Crippen LogP contribution in [0.5, 0.6) is 0 Å². The summed E-state index contributed by atoms with van der Waals surface area (Å²) in [6.07, 6.45) is 5.74. The molecule has 0 aliphatic carbocycles. The molecule has 0 rings (SSSR count). The molecule has 0 fully saturated rings. The van der Waals surface area contributed by atoms with Crippen molar-refractivity contribution in [1.82, 2.24) is 4.90 Å². The number of nitrogens with zero attached hydrogens (tertiary/aromatic N) is 2. The average Bonchev–Trinajstić information content (AvgIpc) is 2.36. The van der Waals surface area contributed by atoms with E-state index in [9.17, 15) is 0 Å². The smallest absolute Gasteiger partial charge is 0.0635 e. The van der Waals surface area contributed by atoms with E-state index in [1.54, 1.807) is 7.11 Å². The Bertz CT molecular complexity index is 201. The molecule has 0 spiro atoms. The minimum atomic E-state index is 0.619. The summed E-state index contributed by atoms with van der Waals surface area (Å²) in [5, 5.41) is 8.67. The number of ether oxygens (including phenoxy) is 1. The van der Waals surface area contributed by atoms with Gasteiger partial charge >= 0.3 is 0 Å². The lowest BCUT2D eigenvalue weighted by Gasteiger charge is -2.26. The normalized spacial score (nSPS) is 12.6. The van der Waals surface area contributed by atoms with Crippen molar-refractivity contribution in [2.45, 2.75) is 46.0 Å². The molecule has 0 aromatic heterocycles. The first-order valence-corrected chi connectivity index (χ1v) is 6.86. The highest BCUT2D eigenvalue weighted by molar-refractivity contribution is 4.74. The zero-order valence-electron chi connectivity index (χ0n) is 11.7. The maximum absolute atomic E-state index is 8.67. The fourth-order valence-corrected chi connectivity index (χ4v) is 2.01. The van der Waals surface area contributed by atoms with Crippen LogP contribution in [-0.2, 0) is 4.74 Å². The van der Waals surface area contributed by atoms with Crippen molar-refractivity contribution in [3.8, 4) is 6.07 Å². The minimum Gasteiger partial charge on any atom is -0.383 e. The quantitative estimate of drug-likeness (QED) is 0.557.